The lowest BCUT2D eigenvalue weighted by atomic mass is 10.1. The summed E-state index contributed by atoms with van der Waals surface area (Å²) in [5, 5.41) is 0.544. The van der Waals surface area contributed by atoms with E-state index in [4.69, 9.17) is 0 Å². The van der Waals surface area contributed by atoms with E-state index in [0.29, 0.717) is 21.6 Å². The molecule has 3 rings (SSSR count). The van der Waals surface area contributed by atoms with Gasteiger partial charge in [-0.3, -0.25) is 9.59 Å². The van der Waals surface area contributed by atoms with Gasteiger partial charge in [0, 0.05) is 21.6 Å². The van der Waals surface area contributed by atoms with Crippen molar-refractivity contribution in [3.05, 3.63) is 40.9 Å². The van der Waals surface area contributed by atoms with Gasteiger partial charge in [0.25, 0.3) is 5.24 Å². The average Bonchev–Trinajstić information content (AvgIpc) is 2.78. The fourth-order valence-corrected chi connectivity index (χ4v) is 5.90. The zero-order valence-corrected chi connectivity index (χ0v) is 13.6. The first-order chi connectivity index (χ1) is 9.91. The van der Waals surface area contributed by atoms with Crippen LogP contribution in [0.25, 0.3) is 10.8 Å². The topological polar surface area (TPSA) is 80.3 Å². The Morgan fingerprint density at radius 2 is 1.81 bits per heavy atom. The molecule has 1 amide bonds. The lowest BCUT2D eigenvalue weighted by Gasteiger charge is -2.14. The van der Waals surface area contributed by atoms with Crippen molar-refractivity contribution in [3.63, 3.8) is 0 Å². The van der Waals surface area contributed by atoms with E-state index < -0.39 is 25.6 Å². The van der Waals surface area contributed by atoms with Crippen molar-refractivity contribution in [1.82, 2.24) is 5.32 Å². The van der Waals surface area contributed by atoms with Gasteiger partial charge in [0.1, 0.15) is 0 Å². The van der Waals surface area contributed by atoms with Crippen LogP contribution in [0.1, 0.15) is 0 Å². The lowest BCUT2D eigenvalue weighted by Crippen LogP contribution is -2.37. The molecule has 2 aromatic rings. The van der Waals surface area contributed by atoms with E-state index in [-0.39, 0.29) is 4.90 Å². The molecule has 0 saturated carbocycles. The largest absolute Gasteiger partial charge is 0.323 e. The number of carbonyl (C=O) groups is 2. The number of hydrogen-bond acceptors (Lipinski definition) is 5. The summed E-state index contributed by atoms with van der Waals surface area (Å²) < 4.78 is 25.9. The first-order valence-corrected chi connectivity index (χ1v) is 9.00. The van der Waals surface area contributed by atoms with Gasteiger partial charge in [0.2, 0.25) is 20.3 Å². The number of benzene rings is 2. The van der Waals surface area contributed by atoms with Crippen LogP contribution in [-0.4, -0.2) is 24.1 Å². The molecule has 1 unspecified atom stereocenters. The normalized spacial score (nSPS) is 19.0. The third kappa shape index (κ3) is 2.37. The van der Waals surface area contributed by atoms with E-state index >= 15 is 0 Å². The second-order valence-corrected chi connectivity index (χ2v) is 8.18. The van der Waals surface area contributed by atoms with E-state index in [1.165, 1.54) is 0 Å². The average molecular weight is 386 g/mol. The van der Waals surface area contributed by atoms with Crippen LogP contribution in [0.4, 0.5) is 4.79 Å². The molecule has 1 heterocycles. The quantitative estimate of drug-likeness (QED) is 0.859. The first-order valence-electron chi connectivity index (χ1n) is 5.84. The van der Waals surface area contributed by atoms with Crippen molar-refractivity contribution in [1.29, 1.82) is 0 Å². The number of amides is 1. The van der Waals surface area contributed by atoms with Gasteiger partial charge in [0.05, 0.1) is 4.90 Å². The summed E-state index contributed by atoms with van der Waals surface area (Å²) in [6, 6.07) is 10.4. The minimum absolute atomic E-state index is 0.0155. The number of rotatable bonds is 2. The maximum absolute atomic E-state index is 12.7. The Kier molecular flexibility index (Phi) is 3.54. The number of halogens is 1. The van der Waals surface area contributed by atoms with E-state index in [2.05, 4.69) is 21.2 Å². The molecule has 0 bridgehead atoms. The summed E-state index contributed by atoms with van der Waals surface area (Å²) >= 11 is 3.60. The van der Waals surface area contributed by atoms with Crippen LogP contribution in [0.3, 0.4) is 0 Å². The van der Waals surface area contributed by atoms with Crippen molar-refractivity contribution in [2.75, 3.05) is 0 Å². The van der Waals surface area contributed by atoms with E-state index in [0.717, 1.165) is 5.39 Å². The number of fused-ring (bicyclic) bond motifs is 1. The summed E-state index contributed by atoms with van der Waals surface area (Å²) in [5.74, 6) is 0. The molecule has 21 heavy (non-hydrogen) atoms. The number of hydrogen-bond donors (Lipinski definition) is 1. The summed E-state index contributed by atoms with van der Waals surface area (Å²) in [7, 11) is -4.03. The van der Waals surface area contributed by atoms with Crippen molar-refractivity contribution < 1.29 is 18.0 Å². The van der Waals surface area contributed by atoms with Crippen molar-refractivity contribution >= 4 is 58.7 Å². The monoisotopic (exact) mass is 385 g/mol. The van der Waals surface area contributed by atoms with Gasteiger partial charge < -0.3 is 5.32 Å². The maximum Gasteiger partial charge on any atom is 0.288 e. The third-order valence-electron chi connectivity index (χ3n) is 3.08. The number of carbonyl (C=O) groups excluding carboxylic acids is 2. The van der Waals surface area contributed by atoms with E-state index in [9.17, 15) is 18.0 Å². The predicted octanol–water partition coefficient (Wildman–Crippen LogP) is 2.69. The molecule has 108 valence electrons. The van der Waals surface area contributed by atoms with Crippen molar-refractivity contribution in [3.8, 4) is 0 Å². The second kappa shape index (κ2) is 5.11. The Morgan fingerprint density at radius 3 is 2.48 bits per heavy atom. The molecule has 0 radical (unpaired) electrons. The van der Waals surface area contributed by atoms with E-state index in [1.807, 2.05) is 0 Å². The standard InChI is InChI=1S/C13H8BrNO4S2/c14-9-6-5-7-3-1-2-4-8(7)10(9)21(18,19)11-12(16)20-13(17)15-11/h1-6,11H,(H,15,17). The van der Waals surface area contributed by atoms with Crippen LogP contribution >= 0.6 is 27.7 Å². The molecule has 1 atom stereocenters. The van der Waals surface area contributed by atoms with Gasteiger partial charge in [-0.25, -0.2) is 8.42 Å². The van der Waals surface area contributed by atoms with Gasteiger partial charge in [0.15, 0.2) is 0 Å². The zero-order chi connectivity index (χ0) is 15.2. The molecule has 0 aliphatic carbocycles. The van der Waals surface area contributed by atoms with Crippen molar-refractivity contribution in [2.24, 2.45) is 0 Å². The third-order valence-corrected chi connectivity index (χ3v) is 6.86. The fraction of sp³-hybridized carbons (Fsp3) is 0.0769. The molecule has 5 nitrogen and oxygen atoms in total. The molecular weight excluding hydrogens is 378 g/mol. The van der Waals surface area contributed by atoms with Gasteiger partial charge in [-0.15, -0.1) is 0 Å². The Hall–Kier alpha value is -1.38. The molecule has 1 N–H and O–H groups in total. The Balaban J connectivity index is 2.27. The minimum atomic E-state index is -4.03. The smallest absolute Gasteiger partial charge is 0.288 e. The molecule has 1 aliphatic rings. The van der Waals surface area contributed by atoms with Crippen molar-refractivity contribution in [2.45, 2.75) is 10.3 Å². The Morgan fingerprint density at radius 1 is 1.10 bits per heavy atom. The molecular formula is C13H8BrNO4S2. The summed E-state index contributed by atoms with van der Waals surface area (Å²) in [4.78, 5) is 23.0. The highest BCUT2D eigenvalue weighted by Crippen LogP contribution is 2.35. The van der Waals surface area contributed by atoms with Crippen LogP contribution in [0.5, 0.6) is 0 Å². The fourth-order valence-electron chi connectivity index (χ4n) is 2.17. The van der Waals surface area contributed by atoms with Crippen LogP contribution in [0.15, 0.2) is 45.8 Å². The molecule has 1 saturated heterocycles. The van der Waals surface area contributed by atoms with E-state index in [1.54, 1.807) is 36.4 Å². The lowest BCUT2D eigenvalue weighted by molar-refractivity contribution is -0.110. The summed E-state index contributed by atoms with van der Waals surface area (Å²) in [6.45, 7) is 0. The molecule has 1 aliphatic heterocycles. The Bertz CT molecular complexity index is 879. The van der Waals surface area contributed by atoms with Crippen LogP contribution in [0.2, 0.25) is 0 Å². The van der Waals surface area contributed by atoms with Crippen LogP contribution in [0, 0.1) is 0 Å². The van der Waals surface area contributed by atoms with Gasteiger partial charge in [-0.1, -0.05) is 30.3 Å². The van der Waals surface area contributed by atoms with Crippen LogP contribution in [-0.2, 0) is 14.6 Å². The summed E-state index contributed by atoms with van der Waals surface area (Å²) in [5.41, 5.74) is 0. The van der Waals surface area contributed by atoms with Crippen LogP contribution < -0.4 is 5.32 Å². The highest BCUT2D eigenvalue weighted by atomic mass is 79.9. The number of sulfone groups is 1. The van der Waals surface area contributed by atoms with Gasteiger partial charge in [-0.2, -0.15) is 0 Å². The zero-order valence-electron chi connectivity index (χ0n) is 10.4. The molecule has 0 spiro atoms. The second-order valence-electron chi connectivity index (χ2n) is 4.38. The minimum Gasteiger partial charge on any atom is -0.323 e. The first kappa shape index (κ1) is 14.6. The molecule has 1 fully saturated rings. The highest BCUT2D eigenvalue weighted by Gasteiger charge is 2.43. The van der Waals surface area contributed by atoms with Gasteiger partial charge in [-0.05, 0) is 27.4 Å². The maximum atomic E-state index is 12.7. The van der Waals surface area contributed by atoms with Gasteiger partial charge >= 0.3 is 0 Å². The molecule has 0 aromatic heterocycles. The Labute approximate surface area is 133 Å². The predicted molar refractivity (Wildman–Crippen MR) is 83.8 cm³/mol. The number of nitrogens with one attached hydrogen (secondary N) is 1. The number of thioether (sulfide) groups is 1. The SMILES string of the molecule is O=C1NC(S(=O)(=O)c2c(Br)ccc3ccccc23)C(=O)S1. The summed E-state index contributed by atoms with van der Waals surface area (Å²) in [6.07, 6.45) is 0. The molecule has 8 heteroatoms. The highest BCUT2D eigenvalue weighted by molar-refractivity contribution is 9.10. The molecule has 2 aromatic carbocycles.